The van der Waals surface area contributed by atoms with Crippen molar-refractivity contribution in [3.8, 4) is 0 Å². The fraction of sp³-hybridized carbons (Fsp3) is 0.333. The van der Waals surface area contributed by atoms with Gasteiger partial charge in [-0.3, -0.25) is 4.79 Å². The lowest BCUT2D eigenvalue weighted by atomic mass is 10.2. The van der Waals surface area contributed by atoms with Gasteiger partial charge in [-0.05, 0) is 25.0 Å². The first-order valence-electron chi connectivity index (χ1n) is 7.41. The third-order valence-corrected chi connectivity index (χ3v) is 3.69. The van der Waals surface area contributed by atoms with E-state index in [-0.39, 0.29) is 18.1 Å². The lowest BCUT2D eigenvalue weighted by Gasteiger charge is -2.21. The molecule has 0 saturated carbocycles. The van der Waals surface area contributed by atoms with Crippen LogP contribution in [0.2, 0.25) is 0 Å². The standard InChI is InChI=1S/C15H17N5O3/c21-14(10-20-9-12(15(22)23)17-18-20)16-11-5-1-2-6-13(11)19-7-3-4-8-19/h1-2,5-6,9H,3-4,7-8,10H2,(H,16,21)(H,22,23). The van der Waals surface area contributed by atoms with Gasteiger partial charge in [-0.1, -0.05) is 17.3 Å². The Morgan fingerprint density at radius 1 is 1.22 bits per heavy atom. The van der Waals surface area contributed by atoms with Crippen LogP contribution in [0.15, 0.2) is 30.5 Å². The molecule has 0 bridgehead atoms. The Labute approximate surface area is 132 Å². The van der Waals surface area contributed by atoms with Crippen molar-refractivity contribution in [3.63, 3.8) is 0 Å². The second-order valence-corrected chi connectivity index (χ2v) is 5.37. The molecule has 1 saturated heterocycles. The number of carboxylic acid groups (broad SMARTS) is 1. The molecule has 120 valence electrons. The van der Waals surface area contributed by atoms with Gasteiger partial charge in [-0.25, -0.2) is 9.48 Å². The van der Waals surface area contributed by atoms with E-state index >= 15 is 0 Å². The minimum Gasteiger partial charge on any atom is -0.476 e. The Bertz CT molecular complexity index is 721. The van der Waals surface area contributed by atoms with E-state index < -0.39 is 5.97 Å². The van der Waals surface area contributed by atoms with Crippen LogP contribution < -0.4 is 10.2 Å². The van der Waals surface area contributed by atoms with Crippen molar-refractivity contribution >= 4 is 23.3 Å². The van der Waals surface area contributed by atoms with Crippen LogP contribution in [-0.4, -0.2) is 45.1 Å². The van der Waals surface area contributed by atoms with Crippen LogP contribution in [-0.2, 0) is 11.3 Å². The first-order valence-corrected chi connectivity index (χ1v) is 7.41. The second-order valence-electron chi connectivity index (χ2n) is 5.37. The number of aromatic nitrogens is 3. The number of nitrogens with one attached hydrogen (secondary N) is 1. The third kappa shape index (κ3) is 3.47. The molecule has 2 heterocycles. The topological polar surface area (TPSA) is 100 Å². The molecule has 1 aromatic heterocycles. The summed E-state index contributed by atoms with van der Waals surface area (Å²) in [5, 5.41) is 18.8. The normalized spacial score (nSPS) is 14.0. The molecule has 23 heavy (non-hydrogen) atoms. The quantitative estimate of drug-likeness (QED) is 0.860. The summed E-state index contributed by atoms with van der Waals surface area (Å²) in [6.45, 7) is 1.88. The van der Waals surface area contributed by atoms with Gasteiger partial charge < -0.3 is 15.3 Å². The van der Waals surface area contributed by atoms with Crippen molar-refractivity contribution in [1.82, 2.24) is 15.0 Å². The molecular weight excluding hydrogens is 298 g/mol. The van der Waals surface area contributed by atoms with E-state index in [0.717, 1.165) is 37.3 Å². The molecule has 0 aliphatic carbocycles. The largest absolute Gasteiger partial charge is 0.476 e. The molecule has 1 aliphatic heterocycles. The monoisotopic (exact) mass is 315 g/mol. The first-order chi connectivity index (χ1) is 11.1. The highest BCUT2D eigenvalue weighted by atomic mass is 16.4. The van der Waals surface area contributed by atoms with Crippen LogP contribution in [0.1, 0.15) is 23.3 Å². The number of hydrogen-bond donors (Lipinski definition) is 2. The summed E-state index contributed by atoms with van der Waals surface area (Å²) < 4.78 is 1.21. The van der Waals surface area contributed by atoms with Gasteiger partial charge in [0.15, 0.2) is 5.69 Å². The molecule has 0 unspecified atom stereocenters. The molecule has 8 heteroatoms. The molecule has 2 N–H and O–H groups in total. The molecule has 1 fully saturated rings. The summed E-state index contributed by atoms with van der Waals surface area (Å²) in [5.74, 6) is -1.45. The highest BCUT2D eigenvalue weighted by Gasteiger charge is 2.17. The van der Waals surface area contributed by atoms with E-state index in [1.165, 1.54) is 10.9 Å². The fourth-order valence-corrected chi connectivity index (χ4v) is 2.62. The maximum atomic E-state index is 12.2. The number of amides is 1. The van der Waals surface area contributed by atoms with Gasteiger partial charge in [-0.2, -0.15) is 0 Å². The average Bonchev–Trinajstić information content (AvgIpc) is 3.19. The lowest BCUT2D eigenvalue weighted by molar-refractivity contribution is -0.116. The summed E-state index contributed by atoms with van der Waals surface area (Å²) in [7, 11) is 0. The Kier molecular flexibility index (Phi) is 4.22. The van der Waals surface area contributed by atoms with E-state index in [9.17, 15) is 9.59 Å². The molecule has 0 atom stereocenters. The number of benzene rings is 1. The number of carbonyl (C=O) groups is 2. The number of aromatic carboxylic acids is 1. The number of carbonyl (C=O) groups excluding carboxylic acids is 1. The minimum atomic E-state index is -1.17. The minimum absolute atomic E-state index is 0.0887. The van der Waals surface area contributed by atoms with Gasteiger partial charge in [0.2, 0.25) is 5.91 Å². The predicted molar refractivity (Wildman–Crippen MR) is 83.5 cm³/mol. The van der Waals surface area contributed by atoms with Crippen LogP contribution in [0.3, 0.4) is 0 Å². The third-order valence-electron chi connectivity index (χ3n) is 3.69. The van der Waals surface area contributed by atoms with E-state index in [0.29, 0.717) is 0 Å². The van der Waals surface area contributed by atoms with Crippen LogP contribution >= 0.6 is 0 Å². The summed E-state index contributed by atoms with van der Waals surface area (Å²) in [4.78, 5) is 25.2. The molecule has 0 spiro atoms. The van der Waals surface area contributed by atoms with Crippen molar-refractivity contribution in [2.75, 3.05) is 23.3 Å². The van der Waals surface area contributed by atoms with Gasteiger partial charge in [0.05, 0.1) is 17.6 Å². The predicted octanol–water partition coefficient (Wildman–Crippen LogP) is 1.22. The molecule has 2 aromatic rings. The van der Waals surface area contributed by atoms with Crippen LogP contribution in [0.4, 0.5) is 11.4 Å². The van der Waals surface area contributed by atoms with Crippen molar-refractivity contribution < 1.29 is 14.7 Å². The molecular formula is C15H17N5O3. The maximum absolute atomic E-state index is 12.2. The molecule has 1 aromatic carbocycles. The van der Waals surface area contributed by atoms with Crippen molar-refractivity contribution in [3.05, 3.63) is 36.2 Å². The van der Waals surface area contributed by atoms with E-state index in [4.69, 9.17) is 5.11 Å². The number of anilines is 2. The zero-order chi connectivity index (χ0) is 16.2. The van der Waals surface area contributed by atoms with E-state index in [1.807, 2.05) is 24.3 Å². The summed E-state index contributed by atoms with van der Waals surface area (Å²) >= 11 is 0. The van der Waals surface area contributed by atoms with Crippen LogP contribution in [0.5, 0.6) is 0 Å². The van der Waals surface area contributed by atoms with Gasteiger partial charge in [0, 0.05) is 13.1 Å². The SMILES string of the molecule is O=C(Cn1cc(C(=O)O)nn1)Nc1ccccc1N1CCCC1. The average molecular weight is 315 g/mol. The van der Waals surface area contributed by atoms with Crippen molar-refractivity contribution in [2.24, 2.45) is 0 Å². The molecule has 1 amide bonds. The summed E-state index contributed by atoms with van der Waals surface area (Å²) in [5.41, 5.74) is 1.57. The highest BCUT2D eigenvalue weighted by Crippen LogP contribution is 2.28. The first kappa shape index (κ1) is 15.0. The lowest BCUT2D eigenvalue weighted by Crippen LogP contribution is -2.23. The maximum Gasteiger partial charge on any atom is 0.358 e. The molecule has 1 aliphatic rings. The summed E-state index contributed by atoms with van der Waals surface area (Å²) in [6.07, 6.45) is 3.53. The fourth-order valence-electron chi connectivity index (χ4n) is 2.62. The zero-order valence-corrected chi connectivity index (χ0v) is 12.5. The van der Waals surface area contributed by atoms with Crippen molar-refractivity contribution in [1.29, 1.82) is 0 Å². The number of hydrogen-bond acceptors (Lipinski definition) is 5. The Morgan fingerprint density at radius 2 is 1.96 bits per heavy atom. The Hall–Kier alpha value is -2.90. The summed E-state index contributed by atoms with van der Waals surface area (Å²) in [6, 6.07) is 7.65. The highest BCUT2D eigenvalue weighted by molar-refractivity contribution is 5.94. The van der Waals surface area contributed by atoms with Crippen LogP contribution in [0.25, 0.3) is 0 Å². The van der Waals surface area contributed by atoms with Crippen LogP contribution in [0, 0.1) is 0 Å². The number of para-hydroxylation sites is 2. The van der Waals surface area contributed by atoms with Gasteiger partial charge in [-0.15, -0.1) is 5.10 Å². The second kappa shape index (κ2) is 6.47. The molecule has 0 radical (unpaired) electrons. The van der Waals surface area contributed by atoms with Gasteiger partial charge in [0.1, 0.15) is 6.54 Å². The molecule has 3 rings (SSSR count). The van der Waals surface area contributed by atoms with Gasteiger partial charge >= 0.3 is 5.97 Å². The zero-order valence-electron chi connectivity index (χ0n) is 12.5. The Balaban J connectivity index is 1.69. The number of carboxylic acids is 1. The number of rotatable bonds is 5. The molecule has 8 nitrogen and oxygen atoms in total. The van der Waals surface area contributed by atoms with Gasteiger partial charge in [0.25, 0.3) is 0 Å². The smallest absolute Gasteiger partial charge is 0.358 e. The van der Waals surface area contributed by atoms with E-state index in [1.54, 1.807) is 0 Å². The van der Waals surface area contributed by atoms with Crippen molar-refractivity contribution in [2.45, 2.75) is 19.4 Å². The van der Waals surface area contributed by atoms with E-state index in [2.05, 4.69) is 20.5 Å². The number of nitrogens with zero attached hydrogens (tertiary/aromatic N) is 4. The Morgan fingerprint density at radius 3 is 2.65 bits per heavy atom.